The molecule has 1 aliphatic carbocycles. The fourth-order valence-corrected chi connectivity index (χ4v) is 3.27. The maximum Gasteiger partial charge on any atom is 0.344 e. The molecule has 1 aromatic carbocycles. The molecular formula is C21H24N2O4. The normalized spacial score (nSPS) is 16.7. The Morgan fingerprint density at radius 1 is 1.26 bits per heavy atom. The van der Waals surface area contributed by atoms with Gasteiger partial charge in [0.1, 0.15) is 5.56 Å². The minimum absolute atomic E-state index is 0.0546. The molecule has 1 heterocycles. The molecule has 0 aliphatic heterocycles. The van der Waals surface area contributed by atoms with Gasteiger partial charge in [0.05, 0.1) is 12.6 Å². The number of hydrogen-bond acceptors (Lipinski definition) is 5. The maximum atomic E-state index is 12.6. The summed E-state index contributed by atoms with van der Waals surface area (Å²) in [6.45, 7) is 3.76. The van der Waals surface area contributed by atoms with Gasteiger partial charge < -0.3 is 14.8 Å². The molecule has 1 aromatic heterocycles. The molecule has 2 atom stereocenters. The fourth-order valence-electron chi connectivity index (χ4n) is 3.27. The Morgan fingerprint density at radius 3 is 2.89 bits per heavy atom. The van der Waals surface area contributed by atoms with Crippen LogP contribution in [-0.4, -0.2) is 29.6 Å². The summed E-state index contributed by atoms with van der Waals surface area (Å²) in [6.07, 6.45) is 3.54. The van der Waals surface area contributed by atoms with Gasteiger partial charge in [-0.1, -0.05) is 24.3 Å². The molecule has 0 saturated carbocycles. The van der Waals surface area contributed by atoms with E-state index in [9.17, 15) is 9.59 Å². The monoisotopic (exact) mass is 368 g/mol. The SMILES string of the molecule is CCOc1ncccc1C(=O)OC(C)C(=O)NC1CCCc2ccccc21. The van der Waals surface area contributed by atoms with Crippen LogP contribution in [0, 0.1) is 0 Å². The summed E-state index contributed by atoms with van der Waals surface area (Å²) in [4.78, 5) is 29.0. The summed E-state index contributed by atoms with van der Waals surface area (Å²) in [5.41, 5.74) is 2.61. The van der Waals surface area contributed by atoms with Gasteiger partial charge >= 0.3 is 5.97 Å². The molecule has 6 heteroatoms. The summed E-state index contributed by atoms with van der Waals surface area (Å²) in [5.74, 6) is -0.732. The van der Waals surface area contributed by atoms with E-state index < -0.39 is 12.1 Å². The molecule has 1 amide bonds. The number of nitrogens with one attached hydrogen (secondary N) is 1. The van der Waals surface area contributed by atoms with Gasteiger partial charge in [0.25, 0.3) is 5.91 Å². The number of amides is 1. The lowest BCUT2D eigenvalue weighted by Crippen LogP contribution is -2.39. The zero-order valence-corrected chi connectivity index (χ0v) is 15.6. The Kier molecular flexibility index (Phi) is 6.06. The highest BCUT2D eigenvalue weighted by Gasteiger charge is 2.26. The molecule has 142 valence electrons. The number of aryl methyl sites for hydroxylation is 1. The van der Waals surface area contributed by atoms with Crippen LogP contribution < -0.4 is 10.1 Å². The van der Waals surface area contributed by atoms with E-state index in [1.54, 1.807) is 25.3 Å². The number of ether oxygens (including phenoxy) is 2. The van der Waals surface area contributed by atoms with Crippen LogP contribution in [0.1, 0.15) is 54.2 Å². The van der Waals surface area contributed by atoms with Gasteiger partial charge in [-0.2, -0.15) is 0 Å². The molecule has 2 aromatic rings. The molecule has 1 N–H and O–H groups in total. The first-order chi connectivity index (χ1) is 13.1. The lowest BCUT2D eigenvalue weighted by atomic mass is 9.87. The van der Waals surface area contributed by atoms with E-state index in [0.717, 1.165) is 24.8 Å². The number of pyridine rings is 1. The largest absolute Gasteiger partial charge is 0.477 e. The van der Waals surface area contributed by atoms with Gasteiger partial charge in [-0.25, -0.2) is 9.78 Å². The van der Waals surface area contributed by atoms with E-state index in [2.05, 4.69) is 16.4 Å². The third kappa shape index (κ3) is 4.45. The molecule has 2 unspecified atom stereocenters. The number of carbonyl (C=O) groups is 2. The van der Waals surface area contributed by atoms with Gasteiger partial charge in [0.15, 0.2) is 6.10 Å². The summed E-state index contributed by atoms with van der Waals surface area (Å²) < 4.78 is 10.7. The van der Waals surface area contributed by atoms with Gasteiger partial charge in [0.2, 0.25) is 5.88 Å². The second-order valence-corrected chi connectivity index (χ2v) is 6.49. The zero-order valence-electron chi connectivity index (χ0n) is 15.6. The van der Waals surface area contributed by atoms with Crippen molar-refractivity contribution in [2.45, 2.75) is 45.3 Å². The average Bonchev–Trinajstić information content (AvgIpc) is 2.69. The van der Waals surface area contributed by atoms with Gasteiger partial charge in [-0.05, 0) is 56.4 Å². The van der Waals surface area contributed by atoms with Gasteiger partial charge in [-0.3, -0.25) is 4.79 Å². The van der Waals surface area contributed by atoms with Crippen molar-refractivity contribution in [1.29, 1.82) is 0 Å². The van der Waals surface area contributed by atoms with Gasteiger partial charge in [-0.15, -0.1) is 0 Å². The number of fused-ring (bicyclic) bond motifs is 1. The molecule has 6 nitrogen and oxygen atoms in total. The first-order valence-corrected chi connectivity index (χ1v) is 9.27. The minimum Gasteiger partial charge on any atom is -0.477 e. The molecule has 27 heavy (non-hydrogen) atoms. The highest BCUT2D eigenvalue weighted by molar-refractivity contribution is 5.94. The number of benzene rings is 1. The lowest BCUT2D eigenvalue weighted by Gasteiger charge is -2.27. The Hall–Kier alpha value is -2.89. The highest BCUT2D eigenvalue weighted by Crippen LogP contribution is 2.29. The van der Waals surface area contributed by atoms with Crippen molar-refractivity contribution < 1.29 is 19.1 Å². The summed E-state index contributed by atoms with van der Waals surface area (Å²) in [6, 6.07) is 11.3. The van der Waals surface area contributed by atoms with Crippen molar-refractivity contribution in [3.8, 4) is 5.88 Å². The second kappa shape index (κ2) is 8.66. The number of aromatic nitrogens is 1. The molecule has 0 radical (unpaired) electrons. The Labute approximate surface area is 158 Å². The Balaban J connectivity index is 1.64. The maximum absolute atomic E-state index is 12.6. The van der Waals surface area contributed by atoms with E-state index in [-0.39, 0.29) is 23.4 Å². The van der Waals surface area contributed by atoms with E-state index in [4.69, 9.17) is 9.47 Å². The van der Waals surface area contributed by atoms with Crippen LogP contribution in [-0.2, 0) is 16.0 Å². The van der Waals surface area contributed by atoms with Crippen LogP contribution in [0.25, 0.3) is 0 Å². The number of esters is 1. The molecule has 0 fully saturated rings. The lowest BCUT2D eigenvalue weighted by molar-refractivity contribution is -0.130. The van der Waals surface area contributed by atoms with Crippen molar-refractivity contribution >= 4 is 11.9 Å². The number of nitrogens with zero attached hydrogens (tertiary/aromatic N) is 1. The summed E-state index contributed by atoms with van der Waals surface area (Å²) >= 11 is 0. The molecule has 0 saturated heterocycles. The minimum atomic E-state index is -0.915. The van der Waals surface area contributed by atoms with E-state index in [0.29, 0.717) is 6.61 Å². The topological polar surface area (TPSA) is 77.5 Å². The van der Waals surface area contributed by atoms with Crippen LogP contribution in [0.5, 0.6) is 5.88 Å². The third-order valence-corrected chi connectivity index (χ3v) is 4.61. The first-order valence-electron chi connectivity index (χ1n) is 9.27. The molecule has 0 spiro atoms. The van der Waals surface area contributed by atoms with E-state index >= 15 is 0 Å². The fraction of sp³-hybridized carbons (Fsp3) is 0.381. The standard InChI is InChI=1S/C21H24N2O4/c1-3-26-20-17(11-7-13-22-20)21(25)27-14(2)19(24)23-18-12-6-9-15-8-4-5-10-16(15)18/h4-5,7-8,10-11,13-14,18H,3,6,9,12H2,1-2H3,(H,23,24). The third-order valence-electron chi connectivity index (χ3n) is 4.61. The highest BCUT2D eigenvalue weighted by atomic mass is 16.5. The van der Waals surface area contributed by atoms with Crippen LogP contribution in [0.3, 0.4) is 0 Å². The second-order valence-electron chi connectivity index (χ2n) is 6.49. The molecule has 1 aliphatic rings. The van der Waals surface area contributed by atoms with E-state index in [1.807, 2.05) is 25.1 Å². The molecule has 0 bridgehead atoms. The van der Waals surface area contributed by atoms with E-state index in [1.165, 1.54) is 5.56 Å². The van der Waals surface area contributed by atoms with Crippen LogP contribution in [0.4, 0.5) is 0 Å². The molecule has 3 rings (SSSR count). The predicted molar refractivity (Wildman–Crippen MR) is 101 cm³/mol. The predicted octanol–water partition coefficient (Wildman–Crippen LogP) is 3.22. The average molecular weight is 368 g/mol. The van der Waals surface area contributed by atoms with Crippen LogP contribution in [0.15, 0.2) is 42.6 Å². The number of rotatable bonds is 6. The smallest absolute Gasteiger partial charge is 0.344 e. The number of hydrogen-bond donors (Lipinski definition) is 1. The van der Waals surface area contributed by atoms with Crippen molar-refractivity contribution in [1.82, 2.24) is 10.3 Å². The van der Waals surface area contributed by atoms with Crippen molar-refractivity contribution in [3.05, 3.63) is 59.3 Å². The quantitative estimate of drug-likeness (QED) is 0.792. The Morgan fingerprint density at radius 2 is 2.07 bits per heavy atom. The molecular weight excluding hydrogens is 344 g/mol. The van der Waals surface area contributed by atoms with Crippen LogP contribution in [0.2, 0.25) is 0 Å². The first kappa shape index (κ1) is 18.9. The Bertz CT molecular complexity index is 821. The van der Waals surface area contributed by atoms with Gasteiger partial charge in [0, 0.05) is 6.20 Å². The van der Waals surface area contributed by atoms with Crippen molar-refractivity contribution in [3.63, 3.8) is 0 Å². The summed E-state index contributed by atoms with van der Waals surface area (Å²) in [5, 5.41) is 3.01. The van der Waals surface area contributed by atoms with Crippen molar-refractivity contribution in [2.75, 3.05) is 6.61 Å². The number of carbonyl (C=O) groups excluding carboxylic acids is 2. The van der Waals surface area contributed by atoms with Crippen molar-refractivity contribution in [2.24, 2.45) is 0 Å². The zero-order chi connectivity index (χ0) is 19.2. The summed E-state index contributed by atoms with van der Waals surface area (Å²) in [7, 11) is 0. The van der Waals surface area contributed by atoms with Crippen LogP contribution >= 0.6 is 0 Å².